The maximum Gasteiger partial charge on any atom is 0.319 e. The van der Waals surface area contributed by atoms with Crippen LogP contribution in [0.3, 0.4) is 0 Å². The highest BCUT2D eigenvalue weighted by atomic mass is 16.6. The second-order valence-corrected chi connectivity index (χ2v) is 4.92. The molecule has 7 heteroatoms. The Bertz CT molecular complexity index is 566. The SMILES string of the molecule is C#CCN(C)C(CNCC(=O)OCC)c1ccc([N+](=O)[O-])cc1. The summed E-state index contributed by atoms with van der Waals surface area (Å²) in [5.41, 5.74) is 0.913. The number of nitrogens with one attached hydrogen (secondary N) is 1. The van der Waals surface area contributed by atoms with E-state index in [-0.39, 0.29) is 24.2 Å². The van der Waals surface area contributed by atoms with Gasteiger partial charge in [-0.3, -0.25) is 19.8 Å². The maximum absolute atomic E-state index is 11.4. The van der Waals surface area contributed by atoms with Gasteiger partial charge in [0.1, 0.15) is 0 Å². The van der Waals surface area contributed by atoms with Crippen molar-refractivity contribution in [2.75, 3.05) is 33.3 Å². The Balaban J connectivity index is 2.78. The van der Waals surface area contributed by atoms with Crippen molar-refractivity contribution in [1.82, 2.24) is 10.2 Å². The smallest absolute Gasteiger partial charge is 0.319 e. The average Bonchev–Trinajstić information content (AvgIpc) is 2.52. The highest BCUT2D eigenvalue weighted by molar-refractivity contribution is 5.71. The number of likely N-dealkylation sites (N-methyl/N-ethyl adjacent to an activating group) is 1. The van der Waals surface area contributed by atoms with Crippen LogP contribution < -0.4 is 5.32 Å². The number of nitro benzene ring substituents is 1. The zero-order valence-corrected chi connectivity index (χ0v) is 13.3. The Hall–Kier alpha value is -2.43. The van der Waals surface area contributed by atoms with Crippen LogP contribution in [0.25, 0.3) is 0 Å². The fourth-order valence-electron chi connectivity index (χ4n) is 2.12. The molecule has 124 valence electrons. The van der Waals surface area contributed by atoms with Gasteiger partial charge in [0.2, 0.25) is 0 Å². The van der Waals surface area contributed by atoms with Crippen molar-refractivity contribution >= 4 is 11.7 Å². The van der Waals surface area contributed by atoms with Crippen LogP contribution in [0.1, 0.15) is 18.5 Å². The van der Waals surface area contributed by atoms with Gasteiger partial charge in [0.25, 0.3) is 5.69 Å². The van der Waals surface area contributed by atoms with Crippen LogP contribution in [0.4, 0.5) is 5.69 Å². The molecule has 1 aromatic rings. The third-order valence-electron chi connectivity index (χ3n) is 3.27. The second kappa shape index (κ2) is 9.56. The largest absolute Gasteiger partial charge is 0.465 e. The van der Waals surface area contributed by atoms with Gasteiger partial charge in [-0.15, -0.1) is 6.42 Å². The van der Waals surface area contributed by atoms with Crippen LogP contribution in [0.2, 0.25) is 0 Å². The molecule has 7 nitrogen and oxygen atoms in total. The summed E-state index contributed by atoms with van der Waals surface area (Å²) in [6.45, 7) is 3.07. The van der Waals surface area contributed by atoms with Crippen molar-refractivity contribution in [3.8, 4) is 12.3 Å². The predicted molar refractivity (Wildman–Crippen MR) is 86.8 cm³/mol. The molecule has 1 aromatic carbocycles. The molecule has 1 N–H and O–H groups in total. The van der Waals surface area contributed by atoms with Gasteiger partial charge in [-0.1, -0.05) is 18.1 Å². The Kier molecular flexibility index (Phi) is 7.74. The van der Waals surface area contributed by atoms with E-state index in [4.69, 9.17) is 11.2 Å². The van der Waals surface area contributed by atoms with E-state index in [1.807, 2.05) is 11.9 Å². The monoisotopic (exact) mass is 319 g/mol. The summed E-state index contributed by atoms with van der Waals surface area (Å²) in [5.74, 6) is 2.24. The molecule has 0 spiro atoms. The van der Waals surface area contributed by atoms with Crippen LogP contribution in [-0.4, -0.2) is 49.1 Å². The summed E-state index contributed by atoms with van der Waals surface area (Å²) >= 11 is 0. The molecule has 0 aliphatic rings. The number of carbonyl (C=O) groups excluding carboxylic acids is 1. The first-order valence-electron chi connectivity index (χ1n) is 7.24. The molecule has 1 unspecified atom stereocenters. The number of non-ortho nitro benzene ring substituents is 1. The third kappa shape index (κ3) is 6.06. The molecule has 0 aliphatic carbocycles. The molecule has 1 rings (SSSR count). The van der Waals surface area contributed by atoms with Gasteiger partial charge in [-0.2, -0.15) is 0 Å². The lowest BCUT2D eigenvalue weighted by atomic mass is 10.0. The van der Waals surface area contributed by atoms with E-state index >= 15 is 0 Å². The summed E-state index contributed by atoms with van der Waals surface area (Å²) in [6, 6.07) is 6.19. The molecule has 0 amide bonds. The third-order valence-corrected chi connectivity index (χ3v) is 3.27. The maximum atomic E-state index is 11.4. The Morgan fingerprint density at radius 2 is 2.13 bits per heavy atom. The fraction of sp³-hybridized carbons (Fsp3) is 0.438. The number of hydrogen-bond donors (Lipinski definition) is 1. The Morgan fingerprint density at radius 3 is 2.65 bits per heavy atom. The zero-order valence-electron chi connectivity index (χ0n) is 13.3. The number of esters is 1. The van der Waals surface area contributed by atoms with Gasteiger partial charge in [0, 0.05) is 24.7 Å². The molecular weight excluding hydrogens is 298 g/mol. The lowest BCUT2D eigenvalue weighted by Crippen LogP contribution is -2.36. The number of rotatable bonds is 9. The van der Waals surface area contributed by atoms with Gasteiger partial charge in [0.05, 0.1) is 24.6 Å². The Morgan fingerprint density at radius 1 is 1.48 bits per heavy atom. The molecule has 23 heavy (non-hydrogen) atoms. The molecule has 1 atom stereocenters. The van der Waals surface area contributed by atoms with E-state index in [1.54, 1.807) is 19.1 Å². The van der Waals surface area contributed by atoms with E-state index < -0.39 is 4.92 Å². The minimum Gasteiger partial charge on any atom is -0.465 e. The van der Waals surface area contributed by atoms with Crippen LogP contribution in [0.15, 0.2) is 24.3 Å². The first-order chi connectivity index (χ1) is 11.0. The molecule has 0 aliphatic heterocycles. The highest BCUT2D eigenvalue weighted by Gasteiger charge is 2.18. The van der Waals surface area contributed by atoms with Crippen molar-refractivity contribution < 1.29 is 14.5 Å². The highest BCUT2D eigenvalue weighted by Crippen LogP contribution is 2.21. The normalized spacial score (nSPS) is 11.7. The molecule has 0 aromatic heterocycles. The van der Waals surface area contributed by atoms with Crippen LogP contribution in [0.5, 0.6) is 0 Å². The van der Waals surface area contributed by atoms with Crippen molar-refractivity contribution in [2.24, 2.45) is 0 Å². The first-order valence-corrected chi connectivity index (χ1v) is 7.24. The van der Waals surface area contributed by atoms with Crippen molar-refractivity contribution in [1.29, 1.82) is 0 Å². The molecule has 0 saturated heterocycles. The van der Waals surface area contributed by atoms with E-state index in [0.717, 1.165) is 5.56 Å². The molecule has 0 fully saturated rings. The summed E-state index contributed by atoms with van der Waals surface area (Å²) in [7, 11) is 1.86. The van der Waals surface area contributed by atoms with Crippen molar-refractivity contribution in [3.63, 3.8) is 0 Å². The van der Waals surface area contributed by atoms with Crippen LogP contribution >= 0.6 is 0 Å². The summed E-state index contributed by atoms with van der Waals surface area (Å²) in [5, 5.41) is 13.8. The molecule has 0 radical (unpaired) electrons. The van der Waals surface area contributed by atoms with Crippen LogP contribution in [-0.2, 0) is 9.53 Å². The standard InChI is InChI=1S/C16H21N3O4/c1-4-10-18(3)15(11-17-12-16(20)23-5-2)13-6-8-14(9-7-13)19(21)22/h1,6-9,15,17H,5,10-12H2,2-3H3. The van der Waals surface area contributed by atoms with Crippen LogP contribution in [0, 0.1) is 22.5 Å². The van der Waals surface area contributed by atoms with E-state index in [2.05, 4.69) is 11.2 Å². The quantitative estimate of drug-likeness (QED) is 0.320. The van der Waals surface area contributed by atoms with E-state index in [0.29, 0.717) is 19.7 Å². The number of ether oxygens (including phenoxy) is 1. The number of nitro groups is 1. The van der Waals surface area contributed by atoms with Gasteiger partial charge < -0.3 is 10.1 Å². The lowest BCUT2D eigenvalue weighted by molar-refractivity contribution is -0.384. The van der Waals surface area contributed by atoms with Crippen molar-refractivity contribution in [3.05, 3.63) is 39.9 Å². The van der Waals surface area contributed by atoms with Gasteiger partial charge in [0.15, 0.2) is 0 Å². The lowest BCUT2D eigenvalue weighted by Gasteiger charge is -2.27. The zero-order chi connectivity index (χ0) is 17.2. The van der Waals surface area contributed by atoms with E-state index in [1.165, 1.54) is 12.1 Å². The number of nitrogens with zero attached hydrogens (tertiary/aromatic N) is 2. The Labute approximate surface area is 135 Å². The number of benzene rings is 1. The summed E-state index contributed by atoms with van der Waals surface area (Å²) < 4.78 is 4.86. The van der Waals surface area contributed by atoms with Gasteiger partial charge in [-0.25, -0.2) is 0 Å². The number of carbonyl (C=O) groups is 1. The molecular formula is C16H21N3O4. The minimum absolute atomic E-state index is 0.0339. The second-order valence-electron chi connectivity index (χ2n) is 4.92. The summed E-state index contributed by atoms with van der Waals surface area (Å²) in [4.78, 5) is 23.6. The van der Waals surface area contributed by atoms with Gasteiger partial charge in [-0.05, 0) is 19.5 Å². The number of terminal acetylenes is 1. The molecule has 0 heterocycles. The molecule has 0 bridgehead atoms. The van der Waals surface area contributed by atoms with Crippen molar-refractivity contribution in [2.45, 2.75) is 13.0 Å². The fourth-order valence-corrected chi connectivity index (χ4v) is 2.12. The number of hydrogen-bond acceptors (Lipinski definition) is 6. The minimum atomic E-state index is -0.442. The first kappa shape index (κ1) is 18.6. The average molecular weight is 319 g/mol. The van der Waals surface area contributed by atoms with Gasteiger partial charge >= 0.3 is 5.97 Å². The predicted octanol–water partition coefficient (Wildman–Crippen LogP) is 1.35. The molecule has 0 saturated carbocycles. The topological polar surface area (TPSA) is 84.7 Å². The van der Waals surface area contributed by atoms with E-state index in [9.17, 15) is 14.9 Å². The summed E-state index contributed by atoms with van der Waals surface area (Å²) in [6.07, 6.45) is 5.35.